The van der Waals surface area contributed by atoms with Crippen LogP contribution in [0.3, 0.4) is 0 Å². The predicted octanol–water partition coefficient (Wildman–Crippen LogP) is 1.94. The van der Waals surface area contributed by atoms with Gasteiger partial charge in [-0.1, -0.05) is 19.1 Å². The second-order valence-electron chi connectivity index (χ2n) is 5.14. The van der Waals surface area contributed by atoms with E-state index in [1.54, 1.807) is 0 Å². The van der Waals surface area contributed by atoms with Gasteiger partial charge < -0.3 is 15.7 Å². The smallest absolute Gasteiger partial charge is 0.244 e. The van der Waals surface area contributed by atoms with Crippen molar-refractivity contribution in [2.75, 3.05) is 18.5 Å². The molecule has 0 spiro atoms. The van der Waals surface area contributed by atoms with Gasteiger partial charge in [0.05, 0.1) is 5.54 Å². The first-order valence-corrected chi connectivity index (χ1v) is 6.76. The molecule has 0 aliphatic carbocycles. The molecule has 0 saturated heterocycles. The lowest BCUT2D eigenvalue weighted by Gasteiger charge is -2.24. The van der Waals surface area contributed by atoms with Gasteiger partial charge in [-0.25, -0.2) is 0 Å². The van der Waals surface area contributed by atoms with E-state index in [0.29, 0.717) is 0 Å². The quantitative estimate of drug-likeness (QED) is 0.705. The maximum absolute atomic E-state index is 12.1. The van der Waals surface area contributed by atoms with Gasteiger partial charge in [-0.15, -0.1) is 0 Å². The molecule has 1 aromatic rings. The molecule has 3 N–H and O–H groups in total. The fraction of sp³-hybridized carbons (Fsp3) is 0.533. The van der Waals surface area contributed by atoms with Gasteiger partial charge >= 0.3 is 0 Å². The summed E-state index contributed by atoms with van der Waals surface area (Å²) < 4.78 is 0. The lowest BCUT2D eigenvalue weighted by Crippen LogP contribution is -2.49. The number of amides is 1. The Bertz CT molecular complexity index is 416. The SMILES string of the molecule is CCNC(C)(C)C(=O)Nc1cccc(CCCO)c1. The van der Waals surface area contributed by atoms with Crippen molar-refractivity contribution < 1.29 is 9.90 Å². The molecule has 19 heavy (non-hydrogen) atoms. The summed E-state index contributed by atoms with van der Waals surface area (Å²) in [7, 11) is 0. The number of anilines is 1. The minimum absolute atomic E-state index is 0.0475. The molecule has 0 radical (unpaired) electrons. The van der Waals surface area contributed by atoms with Crippen molar-refractivity contribution in [3.63, 3.8) is 0 Å². The third-order valence-corrected chi connectivity index (χ3v) is 2.99. The van der Waals surface area contributed by atoms with Gasteiger partial charge in [0, 0.05) is 12.3 Å². The van der Waals surface area contributed by atoms with E-state index in [1.807, 2.05) is 45.0 Å². The molecule has 1 rings (SSSR count). The number of rotatable bonds is 7. The number of likely N-dealkylation sites (N-methyl/N-ethyl adjacent to an activating group) is 1. The van der Waals surface area contributed by atoms with E-state index in [1.165, 1.54) is 0 Å². The first kappa shape index (κ1) is 15.7. The Morgan fingerprint density at radius 2 is 2.11 bits per heavy atom. The maximum atomic E-state index is 12.1. The average molecular weight is 264 g/mol. The summed E-state index contributed by atoms with van der Waals surface area (Å²) in [4.78, 5) is 12.1. The molecule has 0 atom stereocenters. The molecule has 4 nitrogen and oxygen atoms in total. The standard InChI is InChI=1S/C15H24N2O2/c1-4-16-15(2,3)14(19)17-13-9-5-7-12(11-13)8-6-10-18/h5,7,9,11,16,18H,4,6,8,10H2,1-3H3,(H,17,19). The van der Waals surface area contributed by atoms with Crippen LogP contribution in [-0.4, -0.2) is 29.7 Å². The predicted molar refractivity (Wildman–Crippen MR) is 78.2 cm³/mol. The van der Waals surface area contributed by atoms with Crippen molar-refractivity contribution in [2.45, 2.75) is 39.2 Å². The van der Waals surface area contributed by atoms with E-state index in [4.69, 9.17) is 5.11 Å². The van der Waals surface area contributed by atoms with Gasteiger partial charge in [0.2, 0.25) is 5.91 Å². The average Bonchev–Trinajstić information content (AvgIpc) is 2.36. The Kier molecular flexibility index (Phi) is 5.99. The molecule has 0 aliphatic heterocycles. The Morgan fingerprint density at radius 3 is 2.74 bits per heavy atom. The van der Waals surface area contributed by atoms with Crippen LogP contribution >= 0.6 is 0 Å². The number of aliphatic hydroxyl groups excluding tert-OH is 1. The van der Waals surface area contributed by atoms with Crippen molar-refractivity contribution >= 4 is 11.6 Å². The van der Waals surface area contributed by atoms with Crippen molar-refractivity contribution in [1.29, 1.82) is 0 Å². The zero-order valence-electron chi connectivity index (χ0n) is 12.0. The molecule has 0 heterocycles. The van der Waals surface area contributed by atoms with Crippen LogP contribution in [0.4, 0.5) is 5.69 Å². The Balaban J connectivity index is 2.68. The lowest BCUT2D eigenvalue weighted by molar-refractivity contribution is -0.121. The number of aryl methyl sites for hydroxylation is 1. The molecular weight excluding hydrogens is 240 g/mol. The van der Waals surface area contributed by atoms with Gasteiger partial charge in [0.25, 0.3) is 0 Å². The first-order valence-electron chi connectivity index (χ1n) is 6.76. The number of hydrogen-bond acceptors (Lipinski definition) is 3. The van der Waals surface area contributed by atoms with E-state index < -0.39 is 5.54 Å². The number of carbonyl (C=O) groups excluding carboxylic acids is 1. The molecule has 0 saturated carbocycles. The zero-order chi connectivity index (χ0) is 14.3. The maximum Gasteiger partial charge on any atom is 0.244 e. The number of carbonyl (C=O) groups is 1. The molecular formula is C15H24N2O2. The van der Waals surface area contributed by atoms with Crippen LogP contribution in [0.15, 0.2) is 24.3 Å². The molecule has 106 valence electrons. The number of hydrogen-bond donors (Lipinski definition) is 3. The van der Waals surface area contributed by atoms with Crippen LogP contribution in [-0.2, 0) is 11.2 Å². The highest BCUT2D eigenvalue weighted by Crippen LogP contribution is 2.14. The van der Waals surface area contributed by atoms with Gasteiger partial charge in [-0.05, 0) is 50.9 Å². The van der Waals surface area contributed by atoms with Crippen LogP contribution < -0.4 is 10.6 Å². The summed E-state index contributed by atoms with van der Waals surface area (Å²) >= 11 is 0. The molecule has 0 fully saturated rings. The van der Waals surface area contributed by atoms with E-state index in [0.717, 1.165) is 30.6 Å². The molecule has 4 heteroatoms. The number of nitrogens with one attached hydrogen (secondary N) is 2. The van der Waals surface area contributed by atoms with Gasteiger partial charge in [-0.3, -0.25) is 4.79 Å². The Hall–Kier alpha value is -1.39. The van der Waals surface area contributed by atoms with Gasteiger partial charge in [0.15, 0.2) is 0 Å². The van der Waals surface area contributed by atoms with E-state index in [2.05, 4.69) is 10.6 Å². The summed E-state index contributed by atoms with van der Waals surface area (Å²) in [5.74, 6) is -0.0475. The van der Waals surface area contributed by atoms with Gasteiger partial charge in [0.1, 0.15) is 0 Å². The summed E-state index contributed by atoms with van der Waals surface area (Å²) in [5, 5.41) is 14.9. The van der Waals surface area contributed by atoms with Crippen LogP contribution in [0.25, 0.3) is 0 Å². The molecule has 0 aliphatic rings. The van der Waals surface area contributed by atoms with Crippen molar-refractivity contribution in [3.8, 4) is 0 Å². The van der Waals surface area contributed by atoms with E-state index in [9.17, 15) is 4.79 Å². The second-order valence-corrected chi connectivity index (χ2v) is 5.14. The van der Waals surface area contributed by atoms with E-state index >= 15 is 0 Å². The third kappa shape index (κ3) is 5.01. The molecule has 0 aromatic heterocycles. The monoisotopic (exact) mass is 264 g/mol. The summed E-state index contributed by atoms with van der Waals surface area (Å²) in [5.41, 5.74) is 1.33. The highest BCUT2D eigenvalue weighted by atomic mass is 16.2. The van der Waals surface area contributed by atoms with Crippen LogP contribution in [0.1, 0.15) is 32.8 Å². The fourth-order valence-corrected chi connectivity index (χ4v) is 1.90. The first-order chi connectivity index (χ1) is 8.99. The normalized spacial score (nSPS) is 11.4. The largest absolute Gasteiger partial charge is 0.396 e. The van der Waals surface area contributed by atoms with Crippen molar-refractivity contribution in [2.24, 2.45) is 0 Å². The van der Waals surface area contributed by atoms with Crippen LogP contribution in [0, 0.1) is 0 Å². The zero-order valence-corrected chi connectivity index (χ0v) is 12.0. The minimum atomic E-state index is -0.587. The highest BCUT2D eigenvalue weighted by Gasteiger charge is 2.26. The molecule has 0 bridgehead atoms. The van der Waals surface area contributed by atoms with Crippen molar-refractivity contribution in [1.82, 2.24) is 5.32 Å². The molecule has 1 aromatic carbocycles. The highest BCUT2D eigenvalue weighted by molar-refractivity contribution is 5.97. The molecule has 0 unspecified atom stereocenters. The third-order valence-electron chi connectivity index (χ3n) is 2.99. The van der Waals surface area contributed by atoms with Gasteiger partial charge in [-0.2, -0.15) is 0 Å². The number of benzene rings is 1. The molecule has 1 amide bonds. The minimum Gasteiger partial charge on any atom is -0.396 e. The summed E-state index contributed by atoms with van der Waals surface area (Å²) in [6.07, 6.45) is 1.55. The second kappa shape index (κ2) is 7.26. The van der Waals surface area contributed by atoms with Crippen LogP contribution in [0.5, 0.6) is 0 Å². The Morgan fingerprint density at radius 1 is 1.37 bits per heavy atom. The Labute approximate surface area is 115 Å². The van der Waals surface area contributed by atoms with E-state index in [-0.39, 0.29) is 12.5 Å². The van der Waals surface area contributed by atoms with Crippen LogP contribution in [0.2, 0.25) is 0 Å². The summed E-state index contributed by atoms with van der Waals surface area (Å²) in [6, 6.07) is 7.75. The fourth-order valence-electron chi connectivity index (χ4n) is 1.90. The number of aliphatic hydroxyl groups is 1. The summed E-state index contributed by atoms with van der Waals surface area (Å²) in [6.45, 7) is 6.63. The van der Waals surface area contributed by atoms with Crippen molar-refractivity contribution in [3.05, 3.63) is 29.8 Å². The lowest BCUT2D eigenvalue weighted by atomic mass is 10.0. The topological polar surface area (TPSA) is 61.4 Å².